The number of carbonyl (C=O) groups excluding carboxylic acids is 1. The van der Waals surface area contributed by atoms with Crippen molar-refractivity contribution < 1.29 is 9.53 Å². The van der Waals surface area contributed by atoms with Crippen molar-refractivity contribution in [3.05, 3.63) is 35.4 Å². The fraction of sp³-hybridized carbons (Fsp3) is 0.400. The summed E-state index contributed by atoms with van der Waals surface area (Å²) in [6.45, 7) is 7.02. The Hall–Kier alpha value is -1.77. The molecule has 0 unspecified atom stereocenters. The van der Waals surface area contributed by atoms with Crippen LogP contribution in [0.3, 0.4) is 0 Å². The molecule has 3 heteroatoms. The summed E-state index contributed by atoms with van der Waals surface area (Å²) >= 11 is 0. The maximum atomic E-state index is 12.1. The second kappa shape index (κ2) is 4.48. The normalized spacial score (nSPS) is 14.9. The summed E-state index contributed by atoms with van der Waals surface area (Å²) in [6, 6.07) is 7.84. The number of fused-ring (bicyclic) bond motifs is 1. The Morgan fingerprint density at radius 2 is 1.94 bits per heavy atom. The number of nitrogens with one attached hydrogen (secondary N) is 1. The molecule has 0 spiro atoms. The fourth-order valence-corrected chi connectivity index (χ4v) is 2.27. The highest BCUT2D eigenvalue weighted by Crippen LogP contribution is 2.39. The molecule has 0 amide bonds. The van der Waals surface area contributed by atoms with E-state index in [1.54, 1.807) is 0 Å². The van der Waals surface area contributed by atoms with Crippen LogP contribution in [0.2, 0.25) is 0 Å². The van der Waals surface area contributed by atoms with Crippen molar-refractivity contribution in [2.24, 2.45) is 5.41 Å². The molecule has 1 N–H and O–H groups in total. The Morgan fingerprint density at radius 3 is 2.56 bits per heavy atom. The molecule has 0 fully saturated rings. The fourth-order valence-electron chi connectivity index (χ4n) is 2.27. The minimum atomic E-state index is -0.256. The maximum Gasteiger partial charge on any atom is 0.338 e. The predicted molar refractivity (Wildman–Crippen MR) is 73.3 cm³/mol. The first-order valence-electron chi connectivity index (χ1n) is 6.10. The highest BCUT2D eigenvalue weighted by molar-refractivity contribution is 6.20. The second-order valence-corrected chi connectivity index (χ2v) is 5.49. The Balaban J connectivity index is 2.66. The molecule has 0 atom stereocenters. The minimum Gasteiger partial charge on any atom is -0.465 e. The maximum absolute atomic E-state index is 12.1. The van der Waals surface area contributed by atoms with Gasteiger partial charge in [0.05, 0.1) is 12.7 Å². The zero-order chi connectivity index (χ0) is 13.3. The summed E-state index contributed by atoms with van der Waals surface area (Å²) in [5.41, 5.74) is 3.66. The molecule has 0 saturated heterocycles. The molecule has 1 aliphatic heterocycles. The van der Waals surface area contributed by atoms with E-state index in [4.69, 9.17) is 4.74 Å². The molecule has 1 heterocycles. The number of anilines is 1. The summed E-state index contributed by atoms with van der Waals surface area (Å²) in [5.74, 6) is -0.256. The Bertz CT molecular complexity index is 509. The van der Waals surface area contributed by atoms with Crippen LogP contribution in [0.15, 0.2) is 29.8 Å². The van der Waals surface area contributed by atoms with Crippen LogP contribution in [-0.2, 0) is 9.53 Å². The highest BCUT2D eigenvalue weighted by Gasteiger charge is 2.30. The van der Waals surface area contributed by atoms with E-state index in [9.17, 15) is 4.79 Å². The standard InChI is InChI=1S/C15H19NO2/c1-15(2,3)11-9-16-12-8-6-5-7-10(12)13(11)14(17)18-4/h5-8,16H,9H2,1-4H3. The number of esters is 1. The molecule has 3 nitrogen and oxygen atoms in total. The van der Waals surface area contributed by atoms with Gasteiger partial charge in [-0.2, -0.15) is 0 Å². The number of hydrogen-bond donors (Lipinski definition) is 1. The topological polar surface area (TPSA) is 38.3 Å². The molecule has 1 aromatic rings. The van der Waals surface area contributed by atoms with Gasteiger partial charge in [-0.3, -0.25) is 0 Å². The largest absolute Gasteiger partial charge is 0.465 e. The van der Waals surface area contributed by atoms with E-state index in [0.29, 0.717) is 12.1 Å². The van der Waals surface area contributed by atoms with E-state index in [0.717, 1.165) is 16.8 Å². The molecule has 0 aromatic heterocycles. The van der Waals surface area contributed by atoms with E-state index in [1.165, 1.54) is 7.11 Å². The number of carbonyl (C=O) groups is 1. The first-order valence-corrected chi connectivity index (χ1v) is 6.10. The third kappa shape index (κ3) is 2.13. The smallest absolute Gasteiger partial charge is 0.338 e. The molecule has 18 heavy (non-hydrogen) atoms. The van der Waals surface area contributed by atoms with Gasteiger partial charge in [0, 0.05) is 17.8 Å². The van der Waals surface area contributed by atoms with Crippen LogP contribution in [0.25, 0.3) is 5.57 Å². The molecule has 1 aromatic carbocycles. The zero-order valence-electron chi connectivity index (χ0n) is 11.3. The van der Waals surface area contributed by atoms with Crippen LogP contribution < -0.4 is 5.32 Å². The van der Waals surface area contributed by atoms with Gasteiger partial charge in [0.1, 0.15) is 0 Å². The van der Waals surface area contributed by atoms with Crippen LogP contribution in [-0.4, -0.2) is 19.6 Å². The van der Waals surface area contributed by atoms with Crippen molar-refractivity contribution in [3.8, 4) is 0 Å². The van der Waals surface area contributed by atoms with Gasteiger partial charge in [0.2, 0.25) is 0 Å². The van der Waals surface area contributed by atoms with Crippen molar-refractivity contribution in [3.63, 3.8) is 0 Å². The van der Waals surface area contributed by atoms with E-state index >= 15 is 0 Å². The van der Waals surface area contributed by atoms with Crippen molar-refractivity contribution in [2.45, 2.75) is 20.8 Å². The second-order valence-electron chi connectivity index (χ2n) is 5.49. The molecular formula is C15H19NO2. The first kappa shape index (κ1) is 12.7. The van der Waals surface area contributed by atoms with Crippen LogP contribution >= 0.6 is 0 Å². The minimum absolute atomic E-state index is 0.0654. The highest BCUT2D eigenvalue weighted by atomic mass is 16.5. The van der Waals surface area contributed by atoms with E-state index < -0.39 is 0 Å². The van der Waals surface area contributed by atoms with Crippen LogP contribution in [0, 0.1) is 5.41 Å². The van der Waals surface area contributed by atoms with E-state index in [1.807, 2.05) is 24.3 Å². The molecule has 2 rings (SSSR count). The third-order valence-electron chi connectivity index (χ3n) is 3.25. The number of hydrogen-bond acceptors (Lipinski definition) is 3. The number of para-hydroxylation sites is 1. The Kier molecular flexibility index (Phi) is 3.16. The molecular weight excluding hydrogens is 226 g/mol. The van der Waals surface area contributed by atoms with Gasteiger partial charge in [-0.25, -0.2) is 4.79 Å². The molecule has 0 aliphatic carbocycles. The molecule has 1 aliphatic rings. The van der Waals surface area contributed by atoms with Gasteiger partial charge in [-0.15, -0.1) is 0 Å². The van der Waals surface area contributed by atoms with Gasteiger partial charge >= 0.3 is 5.97 Å². The SMILES string of the molecule is COC(=O)C1=C(C(C)(C)C)CNc2ccccc21. The lowest BCUT2D eigenvalue weighted by atomic mass is 9.79. The van der Waals surface area contributed by atoms with Crippen LogP contribution in [0.5, 0.6) is 0 Å². The summed E-state index contributed by atoms with van der Waals surface area (Å²) in [6.07, 6.45) is 0. The van der Waals surface area contributed by atoms with Crippen molar-refractivity contribution in [1.82, 2.24) is 0 Å². The lowest BCUT2D eigenvalue weighted by Gasteiger charge is -2.31. The number of ether oxygens (including phenoxy) is 1. The first-order chi connectivity index (χ1) is 8.45. The zero-order valence-corrected chi connectivity index (χ0v) is 11.3. The summed E-state index contributed by atoms with van der Waals surface area (Å²) in [4.78, 5) is 12.1. The number of benzene rings is 1. The predicted octanol–water partition coefficient (Wildman–Crippen LogP) is 3.08. The molecule has 0 saturated carbocycles. The lowest BCUT2D eigenvalue weighted by Crippen LogP contribution is -2.26. The average molecular weight is 245 g/mol. The van der Waals surface area contributed by atoms with Crippen molar-refractivity contribution >= 4 is 17.2 Å². The summed E-state index contributed by atoms with van der Waals surface area (Å²) in [7, 11) is 1.43. The van der Waals surface area contributed by atoms with Crippen molar-refractivity contribution in [1.29, 1.82) is 0 Å². The van der Waals surface area contributed by atoms with Gasteiger partial charge in [0.25, 0.3) is 0 Å². The summed E-state index contributed by atoms with van der Waals surface area (Å²) < 4.78 is 4.95. The average Bonchev–Trinajstić information content (AvgIpc) is 2.35. The van der Waals surface area contributed by atoms with Gasteiger partial charge in [-0.05, 0) is 17.1 Å². The van der Waals surface area contributed by atoms with Crippen LogP contribution in [0.4, 0.5) is 5.69 Å². The number of methoxy groups -OCH3 is 1. The van der Waals surface area contributed by atoms with Gasteiger partial charge in [-0.1, -0.05) is 39.0 Å². The van der Waals surface area contributed by atoms with E-state index in [-0.39, 0.29) is 11.4 Å². The van der Waals surface area contributed by atoms with E-state index in [2.05, 4.69) is 26.1 Å². The lowest BCUT2D eigenvalue weighted by molar-refractivity contribution is -0.133. The van der Waals surface area contributed by atoms with Crippen LogP contribution in [0.1, 0.15) is 26.3 Å². The molecule has 0 bridgehead atoms. The van der Waals surface area contributed by atoms with Gasteiger partial charge in [0.15, 0.2) is 0 Å². The Morgan fingerprint density at radius 1 is 1.28 bits per heavy atom. The van der Waals surface area contributed by atoms with Crippen molar-refractivity contribution in [2.75, 3.05) is 19.0 Å². The monoisotopic (exact) mass is 245 g/mol. The Labute approximate surface area is 108 Å². The third-order valence-corrected chi connectivity index (χ3v) is 3.25. The molecule has 0 radical (unpaired) electrons. The molecule has 96 valence electrons. The van der Waals surface area contributed by atoms with Gasteiger partial charge < -0.3 is 10.1 Å². The quantitative estimate of drug-likeness (QED) is 0.773. The number of rotatable bonds is 1. The summed E-state index contributed by atoms with van der Waals surface area (Å²) in [5, 5.41) is 3.36.